The Hall–Kier alpha value is -1.13. The topological polar surface area (TPSA) is 42.2 Å². The van der Waals surface area contributed by atoms with Gasteiger partial charge in [0, 0.05) is 52.8 Å². The molecule has 1 unspecified atom stereocenters. The molecule has 21 heavy (non-hydrogen) atoms. The van der Waals surface area contributed by atoms with Gasteiger partial charge in [0.05, 0.1) is 0 Å². The Morgan fingerprint density at radius 3 is 2.81 bits per heavy atom. The van der Waals surface area contributed by atoms with Crippen molar-refractivity contribution in [2.75, 3.05) is 18.1 Å². The van der Waals surface area contributed by atoms with Crippen LogP contribution in [0, 0.1) is 0 Å². The van der Waals surface area contributed by atoms with Gasteiger partial charge in [0.25, 0.3) is 0 Å². The lowest BCUT2D eigenvalue weighted by Gasteiger charge is -2.05. The summed E-state index contributed by atoms with van der Waals surface area (Å²) >= 11 is 0. The van der Waals surface area contributed by atoms with Gasteiger partial charge < -0.3 is 9.73 Å². The molecule has 1 heterocycles. The molecule has 0 saturated carbocycles. The van der Waals surface area contributed by atoms with E-state index >= 15 is 0 Å². The van der Waals surface area contributed by atoms with Crippen LogP contribution in [0.5, 0.6) is 0 Å². The molecule has 0 amide bonds. The lowest BCUT2D eigenvalue weighted by atomic mass is 10.1. The molecule has 0 aliphatic heterocycles. The molecular weight excluding hydrogens is 282 g/mol. The number of nitrogens with one attached hydrogen (secondary N) is 1. The average molecular weight is 307 g/mol. The number of aryl methyl sites for hydroxylation is 1. The fourth-order valence-corrected chi connectivity index (χ4v) is 3.09. The molecule has 3 nitrogen and oxygen atoms in total. The number of benzene rings is 1. The van der Waals surface area contributed by atoms with Crippen LogP contribution in [0.3, 0.4) is 0 Å². The summed E-state index contributed by atoms with van der Waals surface area (Å²) in [4.78, 5) is 0. The summed E-state index contributed by atoms with van der Waals surface area (Å²) in [6.45, 7) is 5.73. The molecule has 0 aliphatic rings. The second kappa shape index (κ2) is 8.35. The fourth-order valence-electron chi connectivity index (χ4n) is 2.43. The summed E-state index contributed by atoms with van der Waals surface area (Å²) in [5.74, 6) is 2.55. The maximum atomic E-state index is 11.4. The highest BCUT2D eigenvalue weighted by Crippen LogP contribution is 2.27. The Kier molecular flexibility index (Phi) is 6.46. The van der Waals surface area contributed by atoms with Gasteiger partial charge in [-0.05, 0) is 12.5 Å². The first-order valence-electron chi connectivity index (χ1n) is 7.81. The first-order valence-corrected chi connectivity index (χ1v) is 9.30. The molecule has 1 atom stereocenters. The van der Waals surface area contributed by atoms with Crippen LogP contribution in [0.2, 0.25) is 0 Å². The highest BCUT2D eigenvalue weighted by Gasteiger charge is 2.12. The second-order valence-corrected chi connectivity index (χ2v) is 7.08. The minimum atomic E-state index is -0.698. The predicted molar refractivity (Wildman–Crippen MR) is 90.1 cm³/mol. The minimum Gasteiger partial charge on any atom is -0.461 e. The van der Waals surface area contributed by atoms with Crippen LogP contribution in [-0.2, 0) is 23.8 Å². The van der Waals surface area contributed by atoms with E-state index in [0.717, 1.165) is 48.8 Å². The van der Waals surface area contributed by atoms with Crippen LogP contribution in [0.4, 0.5) is 0 Å². The van der Waals surface area contributed by atoms with Crippen molar-refractivity contribution in [3.8, 4) is 0 Å². The second-order valence-electron chi connectivity index (χ2n) is 5.21. The number of rotatable bonds is 9. The Balaban J connectivity index is 2.06. The van der Waals surface area contributed by atoms with Gasteiger partial charge in [0.15, 0.2) is 0 Å². The van der Waals surface area contributed by atoms with Gasteiger partial charge in [-0.15, -0.1) is 0 Å². The van der Waals surface area contributed by atoms with E-state index in [0.29, 0.717) is 0 Å². The summed E-state index contributed by atoms with van der Waals surface area (Å²) in [7, 11) is -0.698. The summed E-state index contributed by atoms with van der Waals surface area (Å²) in [6, 6.07) is 8.21. The number of hydrogen-bond donors (Lipinski definition) is 1. The zero-order valence-corrected chi connectivity index (χ0v) is 13.8. The standard InChI is InChI=1S/C17H25NO2S/c1-3-5-9-17-15(13-18-11-12-21(19)4-2)14-8-6-7-10-16(14)20-17/h6-8,10,18H,3-5,9,11-13H2,1-2H3. The Morgan fingerprint density at radius 1 is 1.24 bits per heavy atom. The summed E-state index contributed by atoms with van der Waals surface area (Å²) in [6.07, 6.45) is 3.30. The van der Waals surface area contributed by atoms with Crippen molar-refractivity contribution < 1.29 is 8.63 Å². The highest BCUT2D eigenvalue weighted by atomic mass is 32.2. The van der Waals surface area contributed by atoms with Gasteiger partial charge in [-0.25, -0.2) is 0 Å². The first-order chi connectivity index (χ1) is 10.3. The third-order valence-corrected chi connectivity index (χ3v) is 4.97. The molecule has 1 N–H and O–H groups in total. The molecule has 116 valence electrons. The van der Waals surface area contributed by atoms with E-state index in [1.54, 1.807) is 0 Å². The van der Waals surface area contributed by atoms with Crippen molar-refractivity contribution in [3.63, 3.8) is 0 Å². The van der Waals surface area contributed by atoms with Gasteiger partial charge >= 0.3 is 0 Å². The number of furan rings is 1. The molecule has 2 rings (SSSR count). The third kappa shape index (κ3) is 4.42. The summed E-state index contributed by atoms with van der Waals surface area (Å²) in [5, 5.41) is 4.61. The molecule has 0 aliphatic carbocycles. The average Bonchev–Trinajstić information content (AvgIpc) is 2.87. The lowest BCUT2D eigenvalue weighted by Crippen LogP contribution is -2.21. The lowest BCUT2D eigenvalue weighted by molar-refractivity contribution is 0.526. The van der Waals surface area contributed by atoms with Crippen LogP contribution in [0.15, 0.2) is 28.7 Å². The molecule has 1 aromatic heterocycles. The maximum absolute atomic E-state index is 11.4. The number of para-hydroxylation sites is 1. The predicted octanol–water partition coefficient (Wildman–Crippen LogP) is 3.63. The highest BCUT2D eigenvalue weighted by molar-refractivity contribution is 7.84. The van der Waals surface area contributed by atoms with Gasteiger partial charge in [-0.3, -0.25) is 4.21 Å². The third-order valence-electron chi connectivity index (χ3n) is 3.67. The van der Waals surface area contributed by atoms with E-state index in [4.69, 9.17) is 4.42 Å². The SMILES string of the molecule is CCCCc1oc2ccccc2c1CNCCS(=O)CC. The van der Waals surface area contributed by atoms with Gasteiger partial charge in [-0.1, -0.05) is 38.5 Å². The Bertz CT molecular complexity index is 591. The van der Waals surface area contributed by atoms with Gasteiger partial charge in [0.2, 0.25) is 0 Å². The first kappa shape index (κ1) is 16.2. The molecule has 0 spiro atoms. The van der Waals surface area contributed by atoms with Gasteiger partial charge in [0.1, 0.15) is 11.3 Å². The van der Waals surface area contributed by atoms with Crippen LogP contribution in [0.1, 0.15) is 38.0 Å². The van der Waals surface area contributed by atoms with Crippen molar-refractivity contribution in [3.05, 3.63) is 35.6 Å². The summed E-state index contributed by atoms with van der Waals surface area (Å²) < 4.78 is 17.4. The molecule has 0 radical (unpaired) electrons. The van der Waals surface area contributed by atoms with E-state index in [2.05, 4.69) is 24.4 Å². The van der Waals surface area contributed by atoms with Crippen molar-refractivity contribution in [1.29, 1.82) is 0 Å². The Labute approximate surface area is 129 Å². The smallest absolute Gasteiger partial charge is 0.134 e. The number of hydrogen-bond acceptors (Lipinski definition) is 3. The number of unbranched alkanes of at least 4 members (excludes halogenated alkanes) is 1. The quantitative estimate of drug-likeness (QED) is 0.719. The molecule has 0 bridgehead atoms. The summed E-state index contributed by atoms with van der Waals surface area (Å²) in [5.41, 5.74) is 2.24. The van der Waals surface area contributed by atoms with Crippen molar-refractivity contribution in [1.82, 2.24) is 5.32 Å². The monoisotopic (exact) mass is 307 g/mol. The molecule has 0 fully saturated rings. The van der Waals surface area contributed by atoms with Crippen LogP contribution in [-0.4, -0.2) is 22.3 Å². The zero-order valence-electron chi connectivity index (χ0n) is 13.0. The number of fused-ring (bicyclic) bond motifs is 1. The molecule has 0 saturated heterocycles. The molecular formula is C17H25NO2S. The fraction of sp³-hybridized carbons (Fsp3) is 0.529. The van der Waals surface area contributed by atoms with E-state index in [1.165, 1.54) is 17.4 Å². The van der Waals surface area contributed by atoms with E-state index in [9.17, 15) is 4.21 Å². The maximum Gasteiger partial charge on any atom is 0.134 e. The van der Waals surface area contributed by atoms with Crippen molar-refractivity contribution in [2.45, 2.75) is 39.7 Å². The normalized spacial score (nSPS) is 12.9. The molecule has 1 aromatic carbocycles. The van der Waals surface area contributed by atoms with E-state index in [1.807, 2.05) is 19.1 Å². The molecule has 2 aromatic rings. The van der Waals surface area contributed by atoms with Crippen molar-refractivity contribution in [2.24, 2.45) is 0 Å². The van der Waals surface area contributed by atoms with Crippen molar-refractivity contribution >= 4 is 21.8 Å². The van der Waals surface area contributed by atoms with Crippen LogP contribution >= 0.6 is 0 Å². The molecule has 4 heteroatoms. The van der Waals surface area contributed by atoms with E-state index < -0.39 is 10.8 Å². The zero-order chi connectivity index (χ0) is 15.1. The minimum absolute atomic E-state index is 0.698. The van der Waals surface area contributed by atoms with Crippen LogP contribution < -0.4 is 5.32 Å². The van der Waals surface area contributed by atoms with Crippen LogP contribution in [0.25, 0.3) is 11.0 Å². The largest absolute Gasteiger partial charge is 0.461 e. The van der Waals surface area contributed by atoms with Gasteiger partial charge in [-0.2, -0.15) is 0 Å². The Morgan fingerprint density at radius 2 is 2.05 bits per heavy atom. The van der Waals surface area contributed by atoms with E-state index in [-0.39, 0.29) is 0 Å².